The maximum atomic E-state index is 13.4. The topological polar surface area (TPSA) is 172 Å². The number of carbonyl (C=O) groups excluding carboxylic acids is 4. The van der Waals surface area contributed by atoms with Gasteiger partial charge in [-0.15, -0.1) is 0 Å². The van der Waals surface area contributed by atoms with E-state index in [9.17, 15) is 24.3 Å². The van der Waals surface area contributed by atoms with Gasteiger partial charge < -0.3 is 33.5 Å². The molecule has 0 atom stereocenters. The highest BCUT2D eigenvalue weighted by molar-refractivity contribution is 7.22. The van der Waals surface area contributed by atoms with E-state index in [1.807, 2.05) is 24.3 Å². The highest BCUT2D eigenvalue weighted by atomic mass is 32.1. The average Bonchev–Trinajstić information content (AvgIpc) is 3.74. The number of esters is 4. The van der Waals surface area contributed by atoms with Crippen LogP contribution in [-0.4, -0.2) is 79.8 Å². The molecule has 0 aliphatic rings. The zero-order valence-corrected chi connectivity index (χ0v) is 35.8. The van der Waals surface area contributed by atoms with Gasteiger partial charge in [0.15, 0.2) is 0 Å². The van der Waals surface area contributed by atoms with E-state index in [4.69, 9.17) is 28.4 Å². The van der Waals surface area contributed by atoms with Gasteiger partial charge in [0.05, 0.1) is 67.1 Å². The van der Waals surface area contributed by atoms with Crippen LogP contribution in [0.25, 0.3) is 10.2 Å². The predicted octanol–water partition coefficient (Wildman–Crippen LogP) is 8.90. The van der Waals surface area contributed by atoms with Crippen LogP contribution in [0, 0.1) is 0 Å². The second-order valence-corrected chi connectivity index (χ2v) is 14.9. The summed E-state index contributed by atoms with van der Waals surface area (Å²) in [4.78, 5) is 53.6. The molecule has 0 radical (unpaired) electrons. The Morgan fingerprint density at radius 1 is 0.651 bits per heavy atom. The van der Waals surface area contributed by atoms with E-state index in [-0.39, 0.29) is 30.2 Å². The van der Waals surface area contributed by atoms with E-state index in [1.165, 1.54) is 35.8 Å². The lowest BCUT2D eigenvalue weighted by Gasteiger charge is -2.15. The third kappa shape index (κ3) is 15.9. The van der Waals surface area contributed by atoms with E-state index < -0.39 is 23.9 Å². The molecule has 0 bridgehead atoms. The summed E-state index contributed by atoms with van der Waals surface area (Å²) in [5, 5.41) is 16.6. The number of rotatable bonds is 27. The second-order valence-electron chi connectivity index (χ2n) is 13.9. The molecule has 0 amide bonds. The fourth-order valence-electron chi connectivity index (χ4n) is 5.84. The molecule has 4 aromatic carbocycles. The molecule has 0 saturated heterocycles. The van der Waals surface area contributed by atoms with Gasteiger partial charge >= 0.3 is 23.9 Å². The van der Waals surface area contributed by atoms with Gasteiger partial charge in [0.1, 0.15) is 23.0 Å². The molecule has 0 aliphatic heterocycles. The Morgan fingerprint density at radius 3 is 1.71 bits per heavy atom. The smallest absolute Gasteiger partial charge is 0.343 e. The predicted molar refractivity (Wildman–Crippen MR) is 241 cm³/mol. The number of benzene rings is 4. The lowest BCUT2D eigenvalue weighted by molar-refractivity contribution is -0.138. The number of anilines is 1. The molecule has 5 aromatic rings. The van der Waals surface area contributed by atoms with Gasteiger partial charge in [-0.1, -0.05) is 36.6 Å². The summed E-state index contributed by atoms with van der Waals surface area (Å²) in [6.07, 6.45) is 10.5. The monoisotopic (exact) mass is 877 g/mol. The minimum Gasteiger partial charge on any atom is -0.494 e. The Hall–Kier alpha value is -6.84. The maximum absolute atomic E-state index is 13.4. The first-order valence-corrected chi connectivity index (χ1v) is 21.5. The van der Waals surface area contributed by atoms with Crippen LogP contribution in [0.15, 0.2) is 121 Å². The van der Waals surface area contributed by atoms with Crippen molar-refractivity contribution in [1.29, 1.82) is 0 Å². The number of thiazole rings is 1. The Balaban J connectivity index is 1.21. The molecule has 0 unspecified atom stereocenters. The van der Waals surface area contributed by atoms with Crippen LogP contribution in [0.3, 0.4) is 0 Å². The van der Waals surface area contributed by atoms with Gasteiger partial charge in [-0.25, -0.2) is 29.2 Å². The van der Waals surface area contributed by atoms with Gasteiger partial charge in [0.2, 0.25) is 5.13 Å². The number of ether oxygens (including phenoxy) is 6. The molecule has 0 aliphatic carbocycles. The van der Waals surface area contributed by atoms with Crippen LogP contribution in [0.1, 0.15) is 77.6 Å². The first-order valence-electron chi connectivity index (χ1n) is 20.7. The molecule has 1 aromatic heterocycles. The number of aromatic nitrogens is 1. The molecular formula is C48H51N3O11S. The first-order chi connectivity index (χ1) is 30.8. The van der Waals surface area contributed by atoms with Gasteiger partial charge in [-0.05, 0) is 130 Å². The SMILES string of the molecule is C=CC(=O)OCCCCCCOc1ccc(C(=O)Oc2ccc(OC(=O)c3ccc(OCCCCCCOC(=O)C=C)cc3)c(/C=N/N(CCO)c3nc4ccccc4s3)c2)cc1. The molecular weight excluding hydrogens is 827 g/mol. The standard InChI is InChI=1S/C48H51N3O11S/c1-3-44(53)59-31-13-7-5-11-29-57-38-21-17-35(18-22-38)46(55)61-40-25-26-42(37(33-40)34-49-51(27-28-52)48-50-41-15-9-10-16-43(41)63-48)62-47(56)36-19-23-39(24-20-36)58-30-12-6-8-14-32-60-45(54)4-2/h3-4,9-10,15-26,33-34,52H,1-2,5-8,11-14,27-32H2/b49-34+. The number of hydrogen-bond acceptors (Lipinski definition) is 15. The summed E-state index contributed by atoms with van der Waals surface area (Å²) >= 11 is 1.41. The molecule has 1 heterocycles. The van der Waals surface area contributed by atoms with Crippen LogP contribution in [0.5, 0.6) is 23.0 Å². The summed E-state index contributed by atoms with van der Waals surface area (Å²) in [7, 11) is 0. The summed E-state index contributed by atoms with van der Waals surface area (Å²) < 4.78 is 34.2. The number of carbonyl (C=O) groups is 4. The zero-order chi connectivity index (χ0) is 44.7. The van der Waals surface area contributed by atoms with Gasteiger partial charge in [0, 0.05) is 17.7 Å². The number of unbranched alkanes of at least 4 members (excludes halogenated alkanes) is 6. The van der Waals surface area contributed by atoms with E-state index >= 15 is 0 Å². The molecule has 15 heteroatoms. The van der Waals surface area contributed by atoms with Gasteiger partial charge in [0.25, 0.3) is 0 Å². The van der Waals surface area contributed by atoms with Crippen LogP contribution in [0.4, 0.5) is 5.13 Å². The first kappa shape index (κ1) is 47.2. The van der Waals surface area contributed by atoms with Crippen molar-refractivity contribution in [3.8, 4) is 23.0 Å². The van der Waals surface area contributed by atoms with Crippen LogP contribution >= 0.6 is 11.3 Å². The molecule has 14 nitrogen and oxygen atoms in total. The van der Waals surface area contributed by atoms with Crippen LogP contribution in [-0.2, 0) is 19.1 Å². The Kier molecular flexibility index (Phi) is 19.4. The number of nitrogens with zero attached hydrogens (tertiary/aromatic N) is 3. The number of fused-ring (bicyclic) bond motifs is 1. The zero-order valence-electron chi connectivity index (χ0n) is 35.0. The fraction of sp³-hybridized carbons (Fsp3) is 0.292. The molecule has 330 valence electrons. The molecule has 1 N–H and O–H groups in total. The van der Waals surface area contributed by atoms with Crippen LogP contribution in [0.2, 0.25) is 0 Å². The van der Waals surface area contributed by atoms with Gasteiger partial charge in [-0.3, -0.25) is 0 Å². The lowest BCUT2D eigenvalue weighted by Crippen LogP contribution is -2.20. The van der Waals surface area contributed by atoms with E-state index in [1.54, 1.807) is 53.5 Å². The van der Waals surface area contributed by atoms with Crippen molar-refractivity contribution in [2.24, 2.45) is 5.10 Å². The highest BCUT2D eigenvalue weighted by Crippen LogP contribution is 2.30. The van der Waals surface area contributed by atoms with Crippen molar-refractivity contribution in [3.05, 3.63) is 133 Å². The van der Waals surface area contributed by atoms with Gasteiger partial charge in [-0.2, -0.15) is 5.10 Å². The van der Waals surface area contributed by atoms with E-state index in [0.29, 0.717) is 54.2 Å². The molecule has 5 rings (SSSR count). The molecule has 0 fully saturated rings. The van der Waals surface area contributed by atoms with E-state index in [0.717, 1.165) is 73.7 Å². The largest absolute Gasteiger partial charge is 0.494 e. The summed E-state index contributed by atoms with van der Waals surface area (Å²) in [5.74, 6) is -0.571. The van der Waals surface area contributed by atoms with Crippen molar-refractivity contribution in [1.82, 2.24) is 4.98 Å². The number of para-hydroxylation sites is 1. The van der Waals surface area contributed by atoms with Crippen molar-refractivity contribution in [2.75, 3.05) is 44.6 Å². The third-order valence-corrected chi connectivity index (χ3v) is 10.2. The van der Waals surface area contributed by atoms with Crippen molar-refractivity contribution in [3.63, 3.8) is 0 Å². The second kappa shape index (κ2) is 25.8. The van der Waals surface area contributed by atoms with E-state index in [2.05, 4.69) is 23.2 Å². The Labute approximate surface area is 370 Å². The average molecular weight is 878 g/mol. The third-order valence-electron chi connectivity index (χ3n) is 9.16. The van der Waals surface area contributed by atoms with Crippen molar-refractivity contribution >= 4 is 56.8 Å². The highest BCUT2D eigenvalue weighted by Gasteiger charge is 2.17. The maximum Gasteiger partial charge on any atom is 0.343 e. The number of aliphatic hydroxyl groups is 1. The summed E-state index contributed by atoms with van der Waals surface area (Å²) in [6.45, 7) is 8.39. The Bertz CT molecular complexity index is 2280. The lowest BCUT2D eigenvalue weighted by atomic mass is 10.2. The van der Waals surface area contributed by atoms with Crippen molar-refractivity contribution in [2.45, 2.75) is 51.4 Å². The summed E-state index contributed by atoms with van der Waals surface area (Å²) in [5.41, 5.74) is 1.68. The number of hydrazone groups is 1. The molecule has 0 saturated carbocycles. The number of hydrogen-bond donors (Lipinski definition) is 1. The van der Waals surface area contributed by atoms with Crippen molar-refractivity contribution < 1.29 is 52.7 Å². The van der Waals surface area contributed by atoms with Crippen LogP contribution < -0.4 is 24.0 Å². The molecule has 0 spiro atoms. The fourth-order valence-corrected chi connectivity index (χ4v) is 6.79. The normalized spacial score (nSPS) is 10.9. The molecule has 63 heavy (non-hydrogen) atoms. The minimum atomic E-state index is -0.634. The Morgan fingerprint density at radius 2 is 1.17 bits per heavy atom. The quantitative estimate of drug-likeness (QED) is 0.0133. The number of aliphatic hydroxyl groups excluding tert-OH is 1. The summed E-state index contributed by atoms with van der Waals surface area (Å²) in [6, 6.07) is 25.4. The minimum absolute atomic E-state index is 0.135.